The number of aromatic nitrogens is 2. The lowest BCUT2D eigenvalue weighted by Crippen LogP contribution is -2.07. The van der Waals surface area contributed by atoms with Crippen LogP contribution in [0, 0.1) is 13.8 Å². The fourth-order valence-corrected chi connectivity index (χ4v) is 2.48. The molecule has 4 nitrogen and oxygen atoms in total. The third-order valence-corrected chi connectivity index (χ3v) is 3.16. The van der Waals surface area contributed by atoms with Gasteiger partial charge in [0.15, 0.2) is 0 Å². The van der Waals surface area contributed by atoms with E-state index in [0.717, 1.165) is 34.7 Å². The van der Waals surface area contributed by atoms with Crippen LogP contribution < -0.4 is 10.1 Å². The number of methoxy groups -OCH3 is 1. The molecule has 0 saturated heterocycles. The van der Waals surface area contributed by atoms with Crippen LogP contribution >= 0.6 is 0 Å². The molecule has 1 aromatic heterocycles. The van der Waals surface area contributed by atoms with E-state index in [2.05, 4.69) is 36.4 Å². The Kier molecular flexibility index (Phi) is 3.90. The third-order valence-electron chi connectivity index (χ3n) is 3.16. The van der Waals surface area contributed by atoms with Crippen molar-refractivity contribution in [3.05, 3.63) is 35.2 Å². The largest absolute Gasteiger partial charge is 0.496 e. The zero-order valence-corrected chi connectivity index (χ0v) is 12.2. The van der Waals surface area contributed by atoms with Gasteiger partial charge in [0.2, 0.25) is 0 Å². The lowest BCUT2D eigenvalue weighted by molar-refractivity contribution is 0.413. The van der Waals surface area contributed by atoms with E-state index in [4.69, 9.17) is 4.74 Å². The second kappa shape index (κ2) is 5.45. The first-order valence-corrected chi connectivity index (χ1v) is 6.39. The predicted octanol–water partition coefficient (Wildman–Crippen LogP) is 2.43. The number of rotatable bonds is 4. The number of hydrogen-bond acceptors (Lipinski definition) is 3. The molecule has 1 aromatic carbocycles. The first kappa shape index (κ1) is 13.6. The average Bonchev–Trinajstić information content (AvgIpc) is 2.70. The minimum atomic E-state index is 0.742. The van der Waals surface area contributed by atoms with Gasteiger partial charge < -0.3 is 10.1 Å². The van der Waals surface area contributed by atoms with Gasteiger partial charge in [-0.05, 0) is 38.1 Å². The van der Waals surface area contributed by atoms with E-state index in [1.54, 1.807) is 7.11 Å². The van der Waals surface area contributed by atoms with Gasteiger partial charge in [0.05, 0.1) is 12.8 Å². The maximum atomic E-state index is 5.57. The molecule has 2 aromatic rings. The summed E-state index contributed by atoms with van der Waals surface area (Å²) in [7, 11) is 5.59. The zero-order chi connectivity index (χ0) is 14.0. The molecule has 1 heterocycles. The molecule has 0 fully saturated rings. The van der Waals surface area contributed by atoms with Crippen molar-refractivity contribution in [2.24, 2.45) is 7.05 Å². The maximum Gasteiger partial charge on any atom is 0.129 e. The van der Waals surface area contributed by atoms with Gasteiger partial charge in [0, 0.05) is 30.9 Å². The Hall–Kier alpha value is -1.81. The standard InChI is InChI=1S/C15H21N3O/c1-10-6-11(2)15(19-5)12(7-10)13-9-18(4)17-14(13)8-16-3/h6-7,9,16H,8H2,1-5H3. The third kappa shape index (κ3) is 2.63. The molecule has 0 radical (unpaired) electrons. The zero-order valence-electron chi connectivity index (χ0n) is 12.2. The molecule has 0 bridgehead atoms. The maximum absolute atomic E-state index is 5.57. The normalized spacial score (nSPS) is 10.8. The van der Waals surface area contributed by atoms with Gasteiger partial charge in [-0.25, -0.2) is 0 Å². The number of ether oxygens (including phenoxy) is 1. The fourth-order valence-electron chi connectivity index (χ4n) is 2.48. The highest BCUT2D eigenvalue weighted by Gasteiger charge is 2.15. The summed E-state index contributed by atoms with van der Waals surface area (Å²) in [6.45, 7) is 4.92. The molecule has 19 heavy (non-hydrogen) atoms. The molecule has 0 aliphatic carbocycles. The highest BCUT2D eigenvalue weighted by atomic mass is 16.5. The summed E-state index contributed by atoms with van der Waals surface area (Å²) in [5.74, 6) is 0.927. The Morgan fingerprint density at radius 3 is 2.63 bits per heavy atom. The highest BCUT2D eigenvalue weighted by Crippen LogP contribution is 2.35. The van der Waals surface area contributed by atoms with E-state index >= 15 is 0 Å². The van der Waals surface area contributed by atoms with Crippen LogP contribution in [0.15, 0.2) is 18.3 Å². The van der Waals surface area contributed by atoms with Crippen molar-refractivity contribution in [2.75, 3.05) is 14.2 Å². The summed E-state index contributed by atoms with van der Waals surface area (Å²) in [6.07, 6.45) is 2.05. The molecular weight excluding hydrogens is 238 g/mol. The smallest absolute Gasteiger partial charge is 0.129 e. The Morgan fingerprint density at radius 1 is 1.26 bits per heavy atom. The Balaban J connectivity index is 2.63. The number of nitrogens with one attached hydrogen (secondary N) is 1. The molecule has 0 spiro atoms. The topological polar surface area (TPSA) is 39.1 Å². The second-order valence-corrected chi connectivity index (χ2v) is 4.86. The van der Waals surface area contributed by atoms with Crippen molar-refractivity contribution in [2.45, 2.75) is 20.4 Å². The average molecular weight is 259 g/mol. The minimum Gasteiger partial charge on any atom is -0.496 e. The van der Waals surface area contributed by atoms with Gasteiger partial charge in [-0.15, -0.1) is 0 Å². The van der Waals surface area contributed by atoms with E-state index in [-0.39, 0.29) is 0 Å². The monoisotopic (exact) mass is 259 g/mol. The van der Waals surface area contributed by atoms with Crippen LogP contribution in [0.1, 0.15) is 16.8 Å². The summed E-state index contributed by atoms with van der Waals surface area (Å²) in [4.78, 5) is 0. The lowest BCUT2D eigenvalue weighted by atomic mass is 9.99. The first-order chi connectivity index (χ1) is 9.06. The van der Waals surface area contributed by atoms with Crippen molar-refractivity contribution < 1.29 is 4.74 Å². The van der Waals surface area contributed by atoms with Crippen LogP contribution in [0.25, 0.3) is 11.1 Å². The van der Waals surface area contributed by atoms with Crippen molar-refractivity contribution in [3.63, 3.8) is 0 Å². The van der Waals surface area contributed by atoms with Crippen molar-refractivity contribution in [3.8, 4) is 16.9 Å². The summed E-state index contributed by atoms with van der Waals surface area (Å²) < 4.78 is 7.42. The lowest BCUT2D eigenvalue weighted by Gasteiger charge is -2.12. The summed E-state index contributed by atoms with van der Waals surface area (Å²) in [6, 6.07) is 4.29. The van der Waals surface area contributed by atoms with Crippen molar-refractivity contribution in [1.29, 1.82) is 0 Å². The number of aryl methyl sites for hydroxylation is 3. The van der Waals surface area contributed by atoms with Crippen LogP contribution in [-0.4, -0.2) is 23.9 Å². The van der Waals surface area contributed by atoms with Gasteiger partial charge in [0.25, 0.3) is 0 Å². The van der Waals surface area contributed by atoms with Gasteiger partial charge >= 0.3 is 0 Å². The van der Waals surface area contributed by atoms with Crippen LogP contribution in [0.5, 0.6) is 5.75 Å². The van der Waals surface area contributed by atoms with Crippen molar-refractivity contribution >= 4 is 0 Å². The number of hydrogen-bond donors (Lipinski definition) is 1. The highest BCUT2D eigenvalue weighted by molar-refractivity contribution is 5.74. The van der Waals surface area contributed by atoms with E-state index in [9.17, 15) is 0 Å². The van der Waals surface area contributed by atoms with Crippen LogP contribution in [0.4, 0.5) is 0 Å². The summed E-state index contributed by atoms with van der Waals surface area (Å²) in [5, 5.41) is 7.67. The number of nitrogens with zero attached hydrogens (tertiary/aromatic N) is 2. The van der Waals surface area contributed by atoms with Crippen LogP contribution in [0.3, 0.4) is 0 Å². The molecule has 0 atom stereocenters. The molecule has 0 aliphatic rings. The van der Waals surface area contributed by atoms with E-state index in [1.807, 2.05) is 25.0 Å². The van der Waals surface area contributed by atoms with Gasteiger partial charge in [-0.1, -0.05) is 6.07 Å². The van der Waals surface area contributed by atoms with Gasteiger partial charge in [-0.2, -0.15) is 5.10 Å². The second-order valence-electron chi connectivity index (χ2n) is 4.86. The molecule has 2 rings (SSSR count). The molecule has 0 aliphatic heterocycles. The number of benzene rings is 1. The van der Waals surface area contributed by atoms with Gasteiger partial charge in [0.1, 0.15) is 5.75 Å². The SMILES string of the molecule is CNCc1nn(C)cc1-c1cc(C)cc(C)c1OC. The fraction of sp³-hybridized carbons (Fsp3) is 0.400. The molecule has 0 unspecified atom stereocenters. The van der Waals surface area contributed by atoms with Crippen LogP contribution in [0.2, 0.25) is 0 Å². The molecule has 0 amide bonds. The quantitative estimate of drug-likeness (QED) is 0.916. The molecule has 0 saturated carbocycles. The van der Waals surface area contributed by atoms with Crippen molar-refractivity contribution in [1.82, 2.24) is 15.1 Å². The molecule has 1 N–H and O–H groups in total. The molecule has 4 heteroatoms. The van der Waals surface area contributed by atoms with Crippen LogP contribution in [-0.2, 0) is 13.6 Å². The summed E-state index contributed by atoms with van der Waals surface area (Å²) >= 11 is 0. The Bertz CT molecular complexity index is 587. The predicted molar refractivity (Wildman–Crippen MR) is 77.4 cm³/mol. The minimum absolute atomic E-state index is 0.742. The van der Waals surface area contributed by atoms with E-state index < -0.39 is 0 Å². The van der Waals surface area contributed by atoms with E-state index in [0.29, 0.717) is 0 Å². The van der Waals surface area contributed by atoms with E-state index in [1.165, 1.54) is 5.56 Å². The molecular formula is C15H21N3O. The first-order valence-electron chi connectivity index (χ1n) is 6.39. The van der Waals surface area contributed by atoms with Gasteiger partial charge in [-0.3, -0.25) is 4.68 Å². The Labute approximate surface area is 114 Å². The Morgan fingerprint density at radius 2 is 2.00 bits per heavy atom. The summed E-state index contributed by atoms with van der Waals surface area (Å²) in [5.41, 5.74) is 5.65. The molecule has 102 valence electrons.